The maximum atomic E-state index is 8.92. The van der Waals surface area contributed by atoms with Crippen molar-refractivity contribution >= 4 is 0 Å². The van der Waals surface area contributed by atoms with Gasteiger partial charge in [0.05, 0.1) is 11.7 Å². The van der Waals surface area contributed by atoms with E-state index in [4.69, 9.17) is 5.11 Å². The molecule has 0 aliphatic rings. The Kier molecular flexibility index (Phi) is 4.49. The molecule has 1 aromatic heterocycles. The van der Waals surface area contributed by atoms with E-state index in [2.05, 4.69) is 29.1 Å². The van der Waals surface area contributed by atoms with Crippen molar-refractivity contribution in [1.29, 1.82) is 0 Å². The quantitative estimate of drug-likeness (QED) is 0.733. The number of aliphatic hydroxyl groups excluding tert-OH is 1. The first kappa shape index (κ1) is 11.1. The molecule has 0 spiro atoms. The second kappa shape index (κ2) is 5.67. The third-order valence-corrected chi connectivity index (χ3v) is 1.89. The van der Waals surface area contributed by atoms with E-state index >= 15 is 0 Å². The summed E-state index contributed by atoms with van der Waals surface area (Å²) in [4.78, 5) is 8.23. The number of nitrogens with zero attached hydrogens (tertiary/aromatic N) is 2. The highest BCUT2D eigenvalue weighted by Crippen LogP contribution is 2.12. The Bertz CT molecular complexity index is 251. The first-order valence-corrected chi connectivity index (χ1v) is 4.87. The van der Waals surface area contributed by atoms with Crippen LogP contribution >= 0.6 is 0 Å². The van der Waals surface area contributed by atoms with Crippen LogP contribution in [0.25, 0.3) is 0 Å². The average Bonchev–Trinajstić information content (AvgIpc) is 2.18. The van der Waals surface area contributed by atoms with Gasteiger partial charge in [-0.1, -0.05) is 13.8 Å². The summed E-state index contributed by atoms with van der Waals surface area (Å²) in [7, 11) is 0. The number of aromatic nitrogens is 2. The molecule has 4 heteroatoms. The molecule has 14 heavy (non-hydrogen) atoms. The fraction of sp³-hybridized carbons (Fsp3) is 0.600. The highest BCUT2D eigenvalue weighted by atomic mass is 16.3. The molecular weight excluding hydrogens is 178 g/mol. The van der Waals surface area contributed by atoms with Crippen LogP contribution < -0.4 is 5.32 Å². The van der Waals surface area contributed by atoms with Crippen molar-refractivity contribution in [3.8, 4) is 0 Å². The third-order valence-electron chi connectivity index (χ3n) is 1.89. The van der Waals surface area contributed by atoms with Crippen molar-refractivity contribution in [2.75, 3.05) is 6.61 Å². The van der Waals surface area contributed by atoms with Gasteiger partial charge in [0.15, 0.2) is 0 Å². The Balaban J connectivity index is 2.67. The van der Waals surface area contributed by atoms with Crippen LogP contribution in [0.3, 0.4) is 0 Å². The predicted octanol–water partition coefficient (Wildman–Crippen LogP) is 0.898. The molecule has 0 saturated carbocycles. The van der Waals surface area contributed by atoms with Crippen molar-refractivity contribution in [1.82, 2.24) is 15.3 Å². The van der Waals surface area contributed by atoms with Crippen molar-refractivity contribution in [2.24, 2.45) is 0 Å². The molecule has 0 aromatic carbocycles. The van der Waals surface area contributed by atoms with Gasteiger partial charge in [-0.25, -0.2) is 0 Å². The summed E-state index contributed by atoms with van der Waals surface area (Å²) in [5.41, 5.74) is 0.884. The first-order chi connectivity index (χ1) is 6.74. The zero-order valence-electron chi connectivity index (χ0n) is 8.64. The van der Waals surface area contributed by atoms with Crippen molar-refractivity contribution < 1.29 is 5.11 Å². The topological polar surface area (TPSA) is 58.0 Å². The standard InChI is InChI=1S/C10H17N3O/c1-8(2)13-9(3-6-14)10-7-11-4-5-12-10/h4-5,7-9,13-14H,3,6H2,1-2H3. The van der Waals surface area contributed by atoms with Crippen molar-refractivity contribution in [2.45, 2.75) is 32.4 Å². The smallest absolute Gasteiger partial charge is 0.0757 e. The lowest BCUT2D eigenvalue weighted by molar-refractivity contribution is 0.260. The summed E-state index contributed by atoms with van der Waals surface area (Å²) in [5.74, 6) is 0. The van der Waals surface area contributed by atoms with Gasteiger partial charge in [-0.2, -0.15) is 0 Å². The normalized spacial score (nSPS) is 13.1. The fourth-order valence-electron chi connectivity index (χ4n) is 1.34. The van der Waals surface area contributed by atoms with Gasteiger partial charge in [-0.05, 0) is 6.42 Å². The summed E-state index contributed by atoms with van der Waals surface area (Å²) < 4.78 is 0. The fourth-order valence-corrected chi connectivity index (χ4v) is 1.34. The van der Waals surface area contributed by atoms with E-state index in [1.165, 1.54) is 0 Å². The molecule has 2 N–H and O–H groups in total. The number of rotatable bonds is 5. The summed E-state index contributed by atoms with van der Waals surface area (Å²) in [6.07, 6.45) is 5.71. The molecule has 0 bridgehead atoms. The molecule has 1 rings (SSSR count). The van der Waals surface area contributed by atoms with E-state index in [0.29, 0.717) is 12.5 Å². The van der Waals surface area contributed by atoms with Crippen LogP contribution in [0.4, 0.5) is 0 Å². The Hall–Kier alpha value is -1.00. The monoisotopic (exact) mass is 195 g/mol. The van der Waals surface area contributed by atoms with Gasteiger partial charge in [0.25, 0.3) is 0 Å². The highest BCUT2D eigenvalue weighted by molar-refractivity contribution is 5.02. The molecule has 1 heterocycles. The first-order valence-electron chi connectivity index (χ1n) is 4.87. The average molecular weight is 195 g/mol. The van der Waals surface area contributed by atoms with E-state index < -0.39 is 0 Å². The lowest BCUT2D eigenvalue weighted by Gasteiger charge is -2.19. The van der Waals surface area contributed by atoms with Gasteiger partial charge in [-0.15, -0.1) is 0 Å². The minimum absolute atomic E-state index is 0.0914. The molecule has 4 nitrogen and oxygen atoms in total. The zero-order chi connectivity index (χ0) is 10.4. The second-order valence-electron chi connectivity index (χ2n) is 3.52. The van der Waals surface area contributed by atoms with Crippen LogP contribution in [0, 0.1) is 0 Å². The van der Waals surface area contributed by atoms with Crippen LogP contribution in [-0.4, -0.2) is 27.7 Å². The number of hydrogen-bond donors (Lipinski definition) is 2. The Morgan fingerprint density at radius 2 is 2.21 bits per heavy atom. The molecule has 1 unspecified atom stereocenters. The van der Waals surface area contributed by atoms with E-state index in [0.717, 1.165) is 5.69 Å². The van der Waals surface area contributed by atoms with Gasteiger partial charge in [0.1, 0.15) is 0 Å². The second-order valence-corrected chi connectivity index (χ2v) is 3.52. The third kappa shape index (κ3) is 3.40. The van der Waals surface area contributed by atoms with E-state index in [9.17, 15) is 0 Å². The molecule has 0 amide bonds. The van der Waals surface area contributed by atoms with Crippen LogP contribution in [0.5, 0.6) is 0 Å². The van der Waals surface area contributed by atoms with Gasteiger partial charge >= 0.3 is 0 Å². The summed E-state index contributed by atoms with van der Waals surface area (Å²) in [6.45, 7) is 4.29. The maximum Gasteiger partial charge on any atom is 0.0757 e. The van der Waals surface area contributed by atoms with Gasteiger partial charge < -0.3 is 10.4 Å². The molecule has 0 aliphatic carbocycles. The van der Waals surface area contributed by atoms with Gasteiger partial charge in [0, 0.05) is 31.2 Å². The molecule has 78 valence electrons. The van der Waals surface area contributed by atoms with Crippen LogP contribution in [-0.2, 0) is 0 Å². The molecule has 1 atom stereocenters. The predicted molar refractivity (Wildman–Crippen MR) is 54.7 cm³/mol. The van der Waals surface area contributed by atoms with Crippen LogP contribution in [0.1, 0.15) is 32.0 Å². The molecule has 0 saturated heterocycles. The van der Waals surface area contributed by atoms with Crippen molar-refractivity contribution in [3.63, 3.8) is 0 Å². The minimum atomic E-state index is 0.0914. The van der Waals surface area contributed by atoms with Crippen LogP contribution in [0.2, 0.25) is 0 Å². The highest BCUT2D eigenvalue weighted by Gasteiger charge is 2.12. The Morgan fingerprint density at radius 1 is 1.43 bits per heavy atom. The lowest BCUT2D eigenvalue weighted by Crippen LogP contribution is -2.29. The number of nitrogens with one attached hydrogen (secondary N) is 1. The van der Waals surface area contributed by atoms with Crippen molar-refractivity contribution in [3.05, 3.63) is 24.3 Å². The zero-order valence-corrected chi connectivity index (χ0v) is 8.64. The summed E-state index contributed by atoms with van der Waals surface area (Å²) >= 11 is 0. The summed E-state index contributed by atoms with van der Waals surface area (Å²) in [6, 6.07) is 0.460. The lowest BCUT2D eigenvalue weighted by atomic mass is 10.1. The van der Waals surface area contributed by atoms with E-state index in [1.54, 1.807) is 18.6 Å². The van der Waals surface area contributed by atoms with Gasteiger partial charge in [-0.3, -0.25) is 9.97 Å². The van der Waals surface area contributed by atoms with Gasteiger partial charge in [0.2, 0.25) is 0 Å². The minimum Gasteiger partial charge on any atom is -0.396 e. The van der Waals surface area contributed by atoms with E-state index in [-0.39, 0.29) is 12.6 Å². The van der Waals surface area contributed by atoms with Crippen LogP contribution in [0.15, 0.2) is 18.6 Å². The summed E-state index contributed by atoms with van der Waals surface area (Å²) in [5, 5.41) is 12.3. The van der Waals surface area contributed by atoms with E-state index in [1.807, 2.05) is 0 Å². The molecule has 0 fully saturated rings. The number of aliphatic hydroxyl groups is 1. The molecule has 1 aromatic rings. The molecular formula is C10H17N3O. The molecule has 0 aliphatic heterocycles. The SMILES string of the molecule is CC(C)NC(CCO)c1cnccn1. The largest absolute Gasteiger partial charge is 0.396 e. The Morgan fingerprint density at radius 3 is 2.71 bits per heavy atom. The molecule has 0 radical (unpaired) electrons. The maximum absolute atomic E-state index is 8.92. The number of hydrogen-bond acceptors (Lipinski definition) is 4. The Labute approximate surface area is 84.4 Å².